The van der Waals surface area contributed by atoms with E-state index in [1.54, 1.807) is 0 Å². The van der Waals surface area contributed by atoms with E-state index in [0.29, 0.717) is 18.3 Å². The molecule has 0 N–H and O–H groups in total. The normalized spacial score (nSPS) is 22.8. The van der Waals surface area contributed by atoms with Gasteiger partial charge in [-0.1, -0.05) is 31.2 Å². The maximum atomic E-state index is 12.7. The fourth-order valence-corrected chi connectivity index (χ4v) is 3.30. The average Bonchev–Trinajstić information content (AvgIpc) is 2.55. The van der Waals surface area contributed by atoms with Gasteiger partial charge in [-0.15, -0.1) is 0 Å². The van der Waals surface area contributed by atoms with E-state index in [-0.39, 0.29) is 0 Å². The van der Waals surface area contributed by atoms with Crippen LogP contribution in [0.4, 0.5) is 4.39 Å². The number of benzene rings is 1. The van der Waals surface area contributed by atoms with E-state index in [9.17, 15) is 4.39 Å². The molecule has 0 unspecified atom stereocenters. The molecule has 21 heavy (non-hydrogen) atoms. The minimum absolute atomic E-state index is 0.639. The second-order valence-corrected chi connectivity index (χ2v) is 6.05. The Hall–Kier alpha value is -1.62. The highest BCUT2D eigenvalue weighted by atomic mass is 19.1. The van der Waals surface area contributed by atoms with Crippen LogP contribution in [0.25, 0.3) is 0 Å². The summed E-state index contributed by atoms with van der Waals surface area (Å²) in [6, 6.07) is 10.6. The number of nitrogens with zero attached hydrogens (tertiary/aromatic N) is 1. The Labute approximate surface area is 127 Å². The lowest BCUT2D eigenvalue weighted by molar-refractivity contribution is 0.311. The molecule has 1 nitrogen and oxygen atoms in total. The van der Waals surface area contributed by atoms with E-state index in [0.717, 1.165) is 12.8 Å². The molecule has 2 rings (SSSR count). The Morgan fingerprint density at radius 2 is 1.90 bits per heavy atom. The lowest BCUT2D eigenvalue weighted by Crippen LogP contribution is -2.13. The standard InChI is InChI=1S/C19H24FN/c1-2-15-6-10-17(11-7-15)18-12-8-16(9-13-18)4-3-5-19(20)14-21/h5-7,10-11,16,18H,2-4,8-9,12-13H2,1H3/t16-,18-. The summed E-state index contributed by atoms with van der Waals surface area (Å²) in [6.45, 7) is 2.18. The number of nitriles is 1. The zero-order valence-corrected chi connectivity index (χ0v) is 12.8. The first-order valence-electron chi connectivity index (χ1n) is 8.07. The molecule has 0 aliphatic heterocycles. The van der Waals surface area contributed by atoms with Gasteiger partial charge in [0.15, 0.2) is 5.83 Å². The van der Waals surface area contributed by atoms with Crippen molar-refractivity contribution in [2.75, 3.05) is 0 Å². The molecule has 0 bridgehead atoms. The van der Waals surface area contributed by atoms with Crippen LogP contribution in [0.5, 0.6) is 0 Å². The van der Waals surface area contributed by atoms with Gasteiger partial charge in [0.05, 0.1) is 0 Å². The van der Waals surface area contributed by atoms with E-state index in [1.807, 2.05) is 0 Å². The average molecular weight is 285 g/mol. The van der Waals surface area contributed by atoms with Crippen LogP contribution in [0.1, 0.15) is 62.5 Å². The summed E-state index contributed by atoms with van der Waals surface area (Å²) < 4.78 is 12.7. The van der Waals surface area contributed by atoms with Crippen LogP contribution in [0.15, 0.2) is 36.2 Å². The first kappa shape index (κ1) is 15.8. The van der Waals surface area contributed by atoms with Crippen LogP contribution >= 0.6 is 0 Å². The first-order valence-corrected chi connectivity index (χ1v) is 8.07. The van der Waals surface area contributed by atoms with Gasteiger partial charge < -0.3 is 0 Å². The molecule has 0 amide bonds. The third kappa shape index (κ3) is 4.70. The predicted octanol–water partition coefficient (Wildman–Crippen LogP) is 5.68. The summed E-state index contributed by atoms with van der Waals surface area (Å²) in [5.74, 6) is 0.747. The molecule has 1 aliphatic carbocycles. The lowest BCUT2D eigenvalue weighted by atomic mass is 9.77. The number of hydrogen-bond donors (Lipinski definition) is 0. The summed E-state index contributed by atoms with van der Waals surface area (Å²) >= 11 is 0. The monoisotopic (exact) mass is 285 g/mol. The summed E-state index contributed by atoms with van der Waals surface area (Å²) in [5.41, 5.74) is 2.87. The highest BCUT2D eigenvalue weighted by molar-refractivity contribution is 5.25. The van der Waals surface area contributed by atoms with E-state index in [2.05, 4.69) is 31.2 Å². The molecule has 0 saturated heterocycles. The number of rotatable bonds is 5. The zero-order chi connectivity index (χ0) is 15.1. The summed E-state index contributed by atoms with van der Waals surface area (Å²) in [7, 11) is 0. The first-order chi connectivity index (χ1) is 10.2. The predicted molar refractivity (Wildman–Crippen MR) is 84.6 cm³/mol. The molecule has 2 heteroatoms. The van der Waals surface area contributed by atoms with E-state index in [4.69, 9.17) is 5.26 Å². The molecule has 0 radical (unpaired) electrons. The topological polar surface area (TPSA) is 23.8 Å². The highest BCUT2D eigenvalue weighted by Gasteiger charge is 2.21. The number of allylic oxidation sites excluding steroid dienone is 2. The molecule has 1 aliphatic rings. The lowest BCUT2D eigenvalue weighted by Gasteiger charge is -2.28. The second kappa shape index (κ2) is 7.98. The summed E-state index contributed by atoms with van der Waals surface area (Å²) in [4.78, 5) is 0. The van der Waals surface area contributed by atoms with Crippen molar-refractivity contribution in [1.29, 1.82) is 5.26 Å². The molecule has 0 aromatic heterocycles. The molecular formula is C19H24FN. The van der Waals surface area contributed by atoms with Crippen molar-refractivity contribution in [1.82, 2.24) is 0 Å². The Morgan fingerprint density at radius 3 is 2.48 bits per heavy atom. The Bertz CT molecular complexity index is 501. The fourth-order valence-electron chi connectivity index (χ4n) is 3.30. The van der Waals surface area contributed by atoms with Gasteiger partial charge in [0.1, 0.15) is 6.07 Å². The third-order valence-electron chi connectivity index (χ3n) is 4.71. The van der Waals surface area contributed by atoms with Crippen LogP contribution in [-0.4, -0.2) is 0 Å². The second-order valence-electron chi connectivity index (χ2n) is 6.05. The van der Waals surface area contributed by atoms with Crippen LogP contribution in [0, 0.1) is 17.2 Å². The minimum Gasteiger partial charge on any atom is -0.195 e. The Morgan fingerprint density at radius 1 is 1.24 bits per heavy atom. The largest absolute Gasteiger partial charge is 0.196 e. The minimum atomic E-state index is -0.639. The quantitative estimate of drug-likeness (QED) is 0.638. The number of halogens is 1. The number of aryl methyl sites for hydroxylation is 1. The third-order valence-corrected chi connectivity index (χ3v) is 4.71. The van der Waals surface area contributed by atoms with Crippen molar-refractivity contribution >= 4 is 0 Å². The Kier molecular flexibility index (Phi) is 5.99. The summed E-state index contributed by atoms with van der Waals surface area (Å²) in [6.07, 6.45) is 9.15. The fraction of sp³-hybridized carbons (Fsp3) is 0.526. The van der Waals surface area contributed by atoms with Crippen LogP contribution in [0.2, 0.25) is 0 Å². The molecule has 1 saturated carbocycles. The van der Waals surface area contributed by atoms with Gasteiger partial charge in [0.2, 0.25) is 0 Å². The molecule has 1 aromatic rings. The molecule has 112 valence electrons. The van der Waals surface area contributed by atoms with Gasteiger partial charge in [-0.25, -0.2) is 0 Å². The van der Waals surface area contributed by atoms with Crippen molar-refractivity contribution in [3.63, 3.8) is 0 Å². The van der Waals surface area contributed by atoms with Gasteiger partial charge in [0.25, 0.3) is 0 Å². The molecule has 0 heterocycles. The van der Waals surface area contributed by atoms with Gasteiger partial charge in [0, 0.05) is 0 Å². The van der Waals surface area contributed by atoms with Gasteiger partial charge in [-0.3, -0.25) is 0 Å². The summed E-state index contributed by atoms with van der Waals surface area (Å²) in [5, 5.41) is 8.38. The van der Waals surface area contributed by atoms with Crippen molar-refractivity contribution in [3.05, 3.63) is 47.3 Å². The van der Waals surface area contributed by atoms with E-state index in [1.165, 1.54) is 49.0 Å². The number of hydrogen-bond acceptors (Lipinski definition) is 1. The van der Waals surface area contributed by atoms with Gasteiger partial charge in [-0.2, -0.15) is 9.65 Å². The van der Waals surface area contributed by atoms with Gasteiger partial charge >= 0.3 is 0 Å². The molecule has 0 atom stereocenters. The maximum Gasteiger partial charge on any atom is 0.196 e. The molecule has 1 fully saturated rings. The Balaban J connectivity index is 1.78. The van der Waals surface area contributed by atoms with Crippen LogP contribution in [-0.2, 0) is 6.42 Å². The van der Waals surface area contributed by atoms with Crippen molar-refractivity contribution in [2.24, 2.45) is 5.92 Å². The van der Waals surface area contributed by atoms with E-state index >= 15 is 0 Å². The molecule has 1 aromatic carbocycles. The smallest absolute Gasteiger partial charge is 0.195 e. The zero-order valence-electron chi connectivity index (χ0n) is 12.8. The van der Waals surface area contributed by atoms with Gasteiger partial charge in [-0.05, 0) is 74.0 Å². The maximum absolute atomic E-state index is 12.7. The van der Waals surface area contributed by atoms with Crippen molar-refractivity contribution in [2.45, 2.75) is 57.8 Å². The molecular weight excluding hydrogens is 261 g/mol. The van der Waals surface area contributed by atoms with Crippen molar-refractivity contribution in [3.8, 4) is 6.07 Å². The SMILES string of the molecule is CCc1ccc([C@H]2CC[C@H](CCC=C(F)C#N)CC2)cc1. The van der Waals surface area contributed by atoms with Crippen LogP contribution in [0.3, 0.4) is 0 Å². The highest BCUT2D eigenvalue weighted by Crippen LogP contribution is 2.37. The molecule has 0 spiro atoms. The van der Waals surface area contributed by atoms with E-state index < -0.39 is 5.83 Å². The van der Waals surface area contributed by atoms with Crippen molar-refractivity contribution < 1.29 is 4.39 Å². The van der Waals surface area contributed by atoms with Crippen LogP contribution < -0.4 is 0 Å².